The van der Waals surface area contributed by atoms with Crippen molar-refractivity contribution in [3.05, 3.63) is 59.2 Å². The number of fused-ring (bicyclic) bond motifs is 1. The number of halogens is 3. The lowest BCUT2D eigenvalue weighted by Gasteiger charge is -2.29. The van der Waals surface area contributed by atoms with Crippen molar-refractivity contribution in [2.75, 3.05) is 25.2 Å². The van der Waals surface area contributed by atoms with Gasteiger partial charge in [-0.1, -0.05) is 6.07 Å². The zero-order chi connectivity index (χ0) is 21.7. The van der Waals surface area contributed by atoms with E-state index in [1.165, 1.54) is 24.2 Å². The van der Waals surface area contributed by atoms with Crippen LogP contribution in [0.15, 0.2) is 42.5 Å². The van der Waals surface area contributed by atoms with Crippen molar-refractivity contribution in [2.45, 2.75) is 19.0 Å². The Balaban J connectivity index is 1.79. The number of carbonyl (C=O) groups is 1. The Kier molecular flexibility index (Phi) is 6.31. The zero-order valence-electron chi connectivity index (χ0n) is 16.2. The normalized spacial score (nSPS) is 13.6. The predicted molar refractivity (Wildman–Crippen MR) is 105 cm³/mol. The van der Waals surface area contributed by atoms with Crippen molar-refractivity contribution in [1.29, 1.82) is 5.26 Å². The van der Waals surface area contributed by atoms with Gasteiger partial charge in [0.15, 0.2) is 18.1 Å². The summed E-state index contributed by atoms with van der Waals surface area (Å²) in [6.45, 7) is 0.320. The van der Waals surface area contributed by atoms with E-state index in [1.807, 2.05) is 6.07 Å². The molecule has 5 nitrogen and oxygen atoms in total. The molecule has 0 spiro atoms. The van der Waals surface area contributed by atoms with Gasteiger partial charge < -0.3 is 14.4 Å². The second kappa shape index (κ2) is 8.91. The fourth-order valence-electron chi connectivity index (χ4n) is 3.28. The molecule has 2 aromatic carbocycles. The number of methoxy groups -OCH3 is 1. The van der Waals surface area contributed by atoms with Crippen LogP contribution >= 0.6 is 0 Å². The number of alkyl halides is 3. The van der Waals surface area contributed by atoms with Gasteiger partial charge in [0.25, 0.3) is 5.91 Å². The van der Waals surface area contributed by atoms with Crippen LogP contribution in [0.1, 0.15) is 23.1 Å². The van der Waals surface area contributed by atoms with Crippen LogP contribution in [-0.2, 0) is 17.4 Å². The fraction of sp³-hybridized carbons (Fsp3) is 0.273. The van der Waals surface area contributed by atoms with Crippen LogP contribution in [0, 0.1) is 11.3 Å². The summed E-state index contributed by atoms with van der Waals surface area (Å²) in [4.78, 5) is 14.2. The standard InChI is InChI=1S/C22H19F3N2O3/c1-29-20-13-15(4-8-19(20)30-12-10-26)5-9-21(28)27-11-2-3-16-14-17(22(23,24)25)6-7-18(16)27/h4-9,13-14H,2-3,11-12H2,1H3/b9-5+. The maximum Gasteiger partial charge on any atom is 0.416 e. The Hall–Kier alpha value is -3.47. The predicted octanol–water partition coefficient (Wildman–Crippen LogP) is 4.61. The summed E-state index contributed by atoms with van der Waals surface area (Å²) < 4.78 is 49.4. The lowest BCUT2D eigenvalue weighted by atomic mass is 9.99. The van der Waals surface area contributed by atoms with Gasteiger partial charge in [0.05, 0.1) is 12.7 Å². The number of aryl methyl sites for hydroxylation is 1. The van der Waals surface area contributed by atoms with Crippen LogP contribution in [0.5, 0.6) is 11.5 Å². The molecule has 3 rings (SSSR count). The molecule has 1 aliphatic rings. The molecule has 1 aliphatic heterocycles. The second-order valence-corrected chi connectivity index (χ2v) is 6.63. The van der Waals surface area contributed by atoms with E-state index in [0.29, 0.717) is 47.7 Å². The number of nitrogens with zero attached hydrogens (tertiary/aromatic N) is 2. The maximum atomic E-state index is 13.0. The Morgan fingerprint density at radius 3 is 2.73 bits per heavy atom. The Morgan fingerprint density at radius 1 is 1.23 bits per heavy atom. The van der Waals surface area contributed by atoms with E-state index >= 15 is 0 Å². The van der Waals surface area contributed by atoms with Crippen LogP contribution in [0.25, 0.3) is 6.08 Å². The molecule has 1 amide bonds. The number of carbonyl (C=O) groups excluding carboxylic acids is 1. The molecule has 0 bridgehead atoms. The first-order chi connectivity index (χ1) is 14.3. The molecule has 0 N–H and O–H groups in total. The van der Waals surface area contributed by atoms with Crippen LogP contribution in [-0.4, -0.2) is 26.2 Å². The number of anilines is 1. The Morgan fingerprint density at radius 2 is 2.03 bits per heavy atom. The first-order valence-electron chi connectivity index (χ1n) is 9.21. The summed E-state index contributed by atoms with van der Waals surface area (Å²) in [5.41, 5.74) is 0.978. The van der Waals surface area contributed by atoms with Crippen LogP contribution in [0.3, 0.4) is 0 Å². The number of nitriles is 1. The summed E-state index contributed by atoms with van der Waals surface area (Å²) in [6, 6.07) is 10.3. The van der Waals surface area contributed by atoms with Crippen molar-refractivity contribution in [2.24, 2.45) is 0 Å². The number of amides is 1. The number of benzene rings is 2. The van der Waals surface area contributed by atoms with E-state index in [0.717, 1.165) is 12.1 Å². The third-order valence-electron chi connectivity index (χ3n) is 4.69. The highest BCUT2D eigenvalue weighted by Crippen LogP contribution is 2.35. The van der Waals surface area contributed by atoms with E-state index in [9.17, 15) is 18.0 Å². The number of hydrogen-bond donors (Lipinski definition) is 0. The fourth-order valence-corrected chi connectivity index (χ4v) is 3.28. The van der Waals surface area contributed by atoms with E-state index in [1.54, 1.807) is 24.3 Å². The molecule has 156 valence electrons. The largest absolute Gasteiger partial charge is 0.493 e. The van der Waals surface area contributed by atoms with Crippen LogP contribution < -0.4 is 14.4 Å². The molecule has 0 atom stereocenters. The molecule has 0 saturated carbocycles. The van der Waals surface area contributed by atoms with Crippen LogP contribution in [0.2, 0.25) is 0 Å². The van der Waals surface area contributed by atoms with Gasteiger partial charge in [0, 0.05) is 18.3 Å². The van der Waals surface area contributed by atoms with Crippen molar-refractivity contribution in [3.63, 3.8) is 0 Å². The lowest BCUT2D eigenvalue weighted by molar-refractivity contribution is -0.137. The van der Waals surface area contributed by atoms with Gasteiger partial charge in [-0.15, -0.1) is 0 Å². The topological polar surface area (TPSA) is 62.6 Å². The Bertz CT molecular complexity index is 1010. The van der Waals surface area contributed by atoms with E-state index < -0.39 is 11.7 Å². The van der Waals surface area contributed by atoms with Gasteiger partial charge in [-0.25, -0.2) is 0 Å². The molecule has 1 heterocycles. The Labute approximate surface area is 171 Å². The molecule has 0 unspecified atom stereocenters. The molecule has 2 aromatic rings. The van der Waals surface area contributed by atoms with Gasteiger partial charge in [0.1, 0.15) is 6.07 Å². The van der Waals surface area contributed by atoms with Crippen molar-refractivity contribution in [1.82, 2.24) is 0 Å². The molecular formula is C22H19F3N2O3. The molecule has 0 radical (unpaired) electrons. The second-order valence-electron chi connectivity index (χ2n) is 6.63. The monoisotopic (exact) mass is 416 g/mol. The van der Waals surface area contributed by atoms with Gasteiger partial charge in [-0.2, -0.15) is 18.4 Å². The quantitative estimate of drug-likeness (QED) is 0.668. The third-order valence-corrected chi connectivity index (χ3v) is 4.69. The minimum atomic E-state index is -4.41. The minimum Gasteiger partial charge on any atom is -0.493 e. The van der Waals surface area contributed by atoms with Gasteiger partial charge in [-0.3, -0.25) is 4.79 Å². The van der Waals surface area contributed by atoms with E-state index in [-0.39, 0.29) is 12.5 Å². The molecule has 30 heavy (non-hydrogen) atoms. The van der Waals surface area contributed by atoms with Crippen molar-refractivity contribution in [3.8, 4) is 17.6 Å². The molecule has 0 fully saturated rings. The molecule has 0 saturated heterocycles. The highest BCUT2D eigenvalue weighted by Gasteiger charge is 2.32. The summed E-state index contributed by atoms with van der Waals surface area (Å²) in [6.07, 6.45) is -0.362. The average molecular weight is 416 g/mol. The third kappa shape index (κ3) is 4.74. The first-order valence-corrected chi connectivity index (χ1v) is 9.21. The maximum absolute atomic E-state index is 13.0. The number of ether oxygens (including phenoxy) is 2. The highest BCUT2D eigenvalue weighted by atomic mass is 19.4. The number of hydrogen-bond acceptors (Lipinski definition) is 4. The number of rotatable bonds is 5. The summed E-state index contributed by atoms with van der Waals surface area (Å²) in [7, 11) is 1.47. The lowest BCUT2D eigenvalue weighted by Crippen LogP contribution is -2.34. The summed E-state index contributed by atoms with van der Waals surface area (Å²) in [5, 5.41) is 8.61. The van der Waals surface area contributed by atoms with E-state index in [4.69, 9.17) is 14.7 Å². The van der Waals surface area contributed by atoms with Gasteiger partial charge >= 0.3 is 6.18 Å². The average Bonchev–Trinajstić information content (AvgIpc) is 2.74. The first kappa shape index (κ1) is 21.2. The molecular weight excluding hydrogens is 397 g/mol. The van der Waals surface area contributed by atoms with Crippen LogP contribution in [0.4, 0.5) is 18.9 Å². The minimum absolute atomic E-state index is 0.117. The zero-order valence-corrected chi connectivity index (χ0v) is 16.2. The van der Waals surface area contributed by atoms with Crippen molar-refractivity contribution < 1.29 is 27.4 Å². The molecule has 8 heteroatoms. The van der Waals surface area contributed by atoms with Gasteiger partial charge in [-0.05, 0) is 60.4 Å². The van der Waals surface area contributed by atoms with Crippen molar-refractivity contribution >= 4 is 17.7 Å². The van der Waals surface area contributed by atoms with Gasteiger partial charge in [0.2, 0.25) is 0 Å². The van der Waals surface area contributed by atoms with E-state index in [2.05, 4.69) is 0 Å². The molecule has 0 aliphatic carbocycles. The highest BCUT2D eigenvalue weighted by molar-refractivity contribution is 6.04. The SMILES string of the molecule is COc1cc(/C=C/C(=O)N2CCCc3cc(C(F)(F)F)ccc32)ccc1OCC#N. The molecule has 0 aromatic heterocycles. The summed E-state index contributed by atoms with van der Waals surface area (Å²) in [5.74, 6) is 0.510. The summed E-state index contributed by atoms with van der Waals surface area (Å²) >= 11 is 0. The smallest absolute Gasteiger partial charge is 0.416 e.